The number of nitrogens with two attached hydrogens (primary N) is 1. The minimum Gasteiger partial charge on any atom is -0.381 e. The summed E-state index contributed by atoms with van der Waals surface area (Å²) in [6.45, 7) is 6.54. The van der Waals surface area contributed by atoms with E-state index in [1.165, 1.54) is 0 Å². The minimum atomic E-state index is 0.150. The number of hydrogen-bond donors (Lipinski definition) is 1. The lowest BCUT2D eigenvalue weighted by Gasteiger charge is -2.19. The summed E-state index contributed by atoms with van der Waals surface area (Å²) in [5, 5.41) is 0. The van der Waals surface area contributed by atoms with Crippen LogP contribution in [0.2, 0.25) is 0 Å². The van der Waals surface area contributed by atoms with E-state index in [0.29, 0.717) is 18.6 Å². The molecule has 78 valence electrons. The van der Waals surface area contributed by atoms with Gasteiger partial charge in [0.25, 0.3) is 0 Å². The lowest BCUT2D eigenvalue weighted by atomic mass is 10.0. The Balaban J connectivity index is 2.12. The van der Waals surface area contributed by atoms with Gasteiger partial charge in [-0.15, -0.1) is 0 Å². The molecule has 0 amide bonds. The summed E-state index contributed by atoms with van der Waals surface area (Å²) in [6.07, 6.45) is 2.47. The van der Waals surface area contributed by atoms with Gasteiger partial charge in [-0.05, 0) is 19.8 Å². The van der Waals surface area contributed by atoms with Crippen molar-refractivity contribution >= 4 is 0 Å². The molecule has 1 heterocycles. The first kappa shape index (κ1) is 11.0. The van der Waals surface area contributed by atoms with Crippen LogP contribution in [0.15, 0.2) is 0 Å². The Hall–Kier alpha value is -0.120. The average molecular weight is 187 g/mol. The lowest BCUT2D eigenvalue weighted by molar-refractivity contribution is 0.0423. The normalized spacial score (nSPS) is 27.5. The molecule has 0 aromatic heterocycles. The molecule has 1 fully saturated rings. The van der Waals surface area contributed by atoms with Gasteiger partial charge in [-0.25, -0.2) is 0 Å². The molecule has 1 rings (SSSR count). The van der Waals surface area contributed by atoms with Crippen LogP contribution in [-0.4, -0.2) is 32.0 Å². The predicted molar refractivity (Wildman–Crippen MR) is 52.6 cm³/mol. The summed E-state index contributed by atoms with van der Waals surface area (Å²) in [6, 6.07) is 0.150. The standard InChI is InChI=1S/C10H21NO2/c1-3-8(2)13-7-10(11)9-4-5-12-6-9/h8-10H,3-7,11H2,1-2H3. The van der Waals surface area contributed by atoms with E-state index < -0.39 is 0 Å². The van der Waals surface area contributed by atoms with Crippen LogP contribution in [0.4, 0.5) is 0 Å². The zero-order valence-electron chi connectivity index (χ0n) is 8.66. The van der Waals surface area contributed by atoms with Gasteiger partial charge in [-0.3, -0.25) is 0 Å². The van der Waals surface area contributed by atoms with Crippen molar-refractivity contribution in [1.29, 1.82) is 0 Å². The molecule has 1 saturated heterocycles. The fraction of sp³-hybridized carbons (Fsp3) is 1.00. The molecule has 0 aromatic carbocycles. The molecule has 0 aliphatic carbocycles. The third-order valence-corrected chi connectivity index (χ3v) is 2.72. The second-order valence-electron chi connectivity index (χ2n) is 3.84. The van der Waals surface area contributed by atoms with Gasteiger partial charge in [0, 0.05) is 18.6 Å². The molecule has 0 saturated carbocycles. The molecule has 0 spiro atoms. The monoisotopic (exact) mass is 187 g/mol. The molecule has 0 radical (unpaired) electrons. The van der Waals surface area contributed by atoms with E-state index >= 15 is 0 Å². The van der Waals surface area contributed by atoms with Gasteiger partial charge in [0.15, 0.2) is 0 Å². The third kappa shape index (κ3) is 3.63. The molecule has 2 N–H and O–H groups in total. The van der Waals surface area contributed by atoms with Crippen LogP contribution in [0.1, 0.15) is 26.7 Å². The highest BCUT2D eigenvalue weighted by molar-refractivity contribution is 4.76. The molecule has 3 heteroatoms. The second-order valence-corrected chi connectivity index (χ2v) is 3.84. The van der Waals surface area contributed by atoms with E-state index in [4.69, 9.17) is 15.2 Å². The first-order chi connectivity index (χ1) is 6.24. The Kier molecular flexibility index (Phi) is 4.70. The van der Waals surface area contributed by atoms with Crippen molar-refractivity contribution in [2.45, 2.75) is 38.8 Å². The molecule has 0 bridgehead atoms. The largest absolute Gasteiger partial charge is 0.381 e. The van der Waals surface area contributed by atoms with E-state index in [9.17, 15) is 0 Å². The molecule has 3 atom stereocenters. The fourth-order valence-corrected chi connectivity index (χ4v) is 1.42. The smallest absolute Gasteiger partial charge is 0.0624 e. The van der Waals surface area contributed by atoms with Crippen LogP contribution in [-0.2, 0) is 9.47 Å². The van der Waals surface area contributed by atoms with Crippen molar-refractivity contribution in [2.24, 2.45) is 11.7 Å². The summed E-state index contributed by atoms with van der Waals surface area (Å²) in [4.78, 5) is 0. The maximum Gasteiger partial charge on any atom is 0.0624 e. The summed E-state index contributed by atoms with van der Waals surface area (Å²) in [5.74, 6) is 0.504. The van der Waals surface area contributed by atoms with Gasteiger partial charge in [-0.2, -0.15) is 0 Å². The van der Waals surface area contributed by atoms with Crippen LogP contribution in [0.3, 0.4) is 0 Å². The molecule has 0 aromatic rings. The zero-order valence-corrected chi connectivity index (χ0v) is 8.66. The molecule has 3 unspecified atom stereocenters. The van der Waals surface area contributed by atoms with Crippen molar-refractivity contribution in [3.63, 3.8) is 0 Å². The highest BCUT2D eigenvalue weighted by atomic mass is 16.5. The molecular weight excluding hydrogens is 166 g/mol. The predicted octanol–water partition coefficient (Wildman–Crippen LogP) is 1.17. The average Bonchev–Trinajstić information content (AvgIpc) is 2.66. The fourth-order valence-electron chi connectivity index (χ4n) is 1.42. The van der Waals surface area contributed by atoms with Crippen LogP contribution in [0.25, 0.3) is 0 Å². The minimum absolute atomic E-state index is 0.150. The Morgan fingerprint density at radius 2 is 2.38 bits per heavy atom. The van der Waals surface area contributed by atoms with E-state index in [1.54, 1.807) is 0 Å². The highest BCUT2D eigenvalue weighted by Gasteiger charge is 2.23. The van der Waals surface area contributed by atoms with Crippen molar-refractivity contribution in [2.75, 3.05) is 19.8 Å². The number of ether oxygens (including phenoxy) is 2. The van der Waals surface area contributed by atoms with Crippen LogP contribution in [0, 0.1) is 5.92 Å². The first-order valence-corrected chi connectivity index (χ1v) is 5.19. The van der Waals surface area contributed by atoms with Crippen molar-refractivity contribution in [3.8, 4) is 0 Å². The number of rotatable bonds is 5. The molecule has 3 nitrogen and oxygen atoms in total. The number of hydrogen-bond acceptors (Lipinski definition) is 3. The van der Waals surface area contributed by atoms with Gasteiger partial charge < -0.3 is 15.2 Å². The summed E-state index contributed by atoms with van der Waals surface area (Å²) in [5.41, 5.74) is 5.98. The third-order valence-electron chi connectivity index (χ3n) is 2.72. The van der Waals surface area contributed by atoms with E-state index in [1.807, 2.05) is 0 Å². The van der Waals surface area contributed by atoms with Gasteiger partial charge in [0.2, 0.25) is 0 Å². The van der Waals surface area contributed by atoms with Crippen molar-refractivity contribution < 1.29 is 9.47 Å². The van der Waals surface area contributed by atoms with E-state index in [0.717, 1.165) is 26.1 Å². The summed E-state index contributed by atoms with van der Waals surface area (Å²) in [7, 11) is 0. The van der Waals surface area contributed by atoms with E-state index in [2.05, 4.69) is 13.8 Å². The van der Waals surface area contributed by atoms with Gasteiger partial charge in [-0.1, -0.05) is 6.92 Å². The molecule has 1 aliphatic rings. The van der Waals surface area contributed by atoms with Crippen molar-refractivity contribution in [1.82, 2.24) is 0 Å². The van der Waals surface area contributed by atoms with Gasteiger partial charge in [0.05, 0.1) is 19.3 Å². The quantitative estimate of drug-likeness (QED) is 0.702. The Morgan fingerprint density at radius 3 is 2.92 bits per heavy atom. The maximum absolute atomic E-state index is 5.98. The first-order valence-electron chi connectivity index (χ1n) is 5.19. The van der Waals surface area contributed by atoms with Gasteiger partial charge in [0.1, 0.15) is 0 Å². The lowest BCUT2D eigenvalue weighted by Crippen LogP contribution is -2.36. The van der Waals surface area contributed by atoms with Crippen LogP contribution < -0.4 is 5.73 Å². The Morgan fingerprint density at radius 1 is 1.62 bits per heavy atom. The molecular formula is C10H21NO2. The SMILES string of the molecule is CCC(C)OCC(N)C1CCOC1. The Labute approximate surface area is 80.6 Å². The summed E-state index contributed by atoms with van der Waals surface area (Å²) >= 11 is 0. The molecule has 13 heavy (non-hydrogen) atoms. The highest BCUT2D eigenvalue weighted by Crippen LogP contribution is 2.15. The van der Waals surface area contributed by atoms with Crippen molar-refractivity contribution in [3.05, 3.63) is 0 Å². The Bertz CT molecular complexity index is 135. The van der Waals surface area contributed by atoms with Crippen LogP contribution in [0.5, 0.6) is 0 Å². The topological polar surface area (TPSA) is 44.5 Å². The summed E-state index contributed by atoms with van der Waals surface area (Å²) < 4.78 is 10.9. The molecule has 1 aliphatic heterocycles. The maximum atomic E-state index is 5.98. The van der Waals surface area contributed by atoms with E-state index in [-0.39, 0.29) is 6.04 Å². The van der Waals surface area contributed by atoms with Gasteiger partial charge >= 0.3 is 0 Å². The second kappa shape index (κ2) is 5.58. The van der Waals surface area contributed by atoms with Crippen LogP contribution >= 0.6 is 0 Å². The zero-order chi connectivity index (χ0) is 9.68.